The summed E-state index contributed by atoms with van der Waals surface area (Å²) in [5, 5.41) is 6.32. The van der Waals surface area contributed by atoms with E-state index in [2.05, 4.69) is 22.5 Å². The lowest BCUT2D eigenvalue weighted by Gasteiger charge is -2.37. The van der Waals surface area contributed by atoms with Crippen LogP contribution < -0.4 is 10.6 Å². The van der Waals surface area contributed by atoms with Crippen molar-refractivity contribution in [3.05, 3.63) is 0 Å². The van der Waals surface area contributed by atoms with Gasteiger partial charge in [0, 0.05) is 26.3 Å². The molecule has 1 saturated heterocycles. The van der Waals surface area contributed by atoms with Gasteiger partial charge in [0.1, 0.15) is 0 Å². The van der Waals surface area contributed by atoms with E-state index in [1.165, 1.54) is 12.8 Å². The quantitative estimate of drug-likeness (QED) is 0.649. The number of carbonyl (C=O) groups is 1. The third-order valence-electron chi connectivity index (χ3n) is 4.49. The summed E-state index contributed by atoms with van der Waals surface area (Å²) in [6.45, 7) is 7.68. The van der Waals surface area contributed by atoms with Crippen molar-refractivity contribution in [1.29, 1.82) is 0 Å². The lowest BCUT2D eigenvalue weighted by atomic mass is 9.90. The van der Waals surface area contributed by atoms with Gasteiger partial charge in [0.25, 0.3) is 0 Å². The van der Waals surface area contributed by atoms with Crippen molar-refractivity contribution < 1.29 is 9.53 Å². The Morgan fingerprint density at radius 3 is 2.55 bits per heavy atom. The summed E-state index contributed by atoms with van der Waals surface area (Å²) in [4.78, 5) is 14.4. The van der Waals surface area contributed by atoms with Crippen LogP contribution in [0.4, 0.5) is 0 Å². The molecule has 1 fully saturated rings. The van der Waals surface area contributed by atoms with Gasteiger partial charge in [0.15, 0.2) is 0 Å². The number of nitrogens with zero attached hydrogens (tertiary/aromatic N) is 1. The first kappa shape index (κ1) is 17.4. The van der Waals surface area contributed by atoms with Crippen molar-refractivity contribution in [3.8, 4) is 0 Å². The van der Waals surface area contributed by atoms with E-state index in [9.17, 15) is 4.79 Å². The first-order valence-electron chi connectivity index (χ1n) is 7.78. The minimum absolute atomic E-state index is 0.0246. The second-order valence-electron chi connectivity index (χ2n) is 5.76. The molecule has 0 bridgehead atoms. The molecule has 118 valence electrons. The zero-order chi connectivity index (χ0) is 15.0. The van der Waals surface area contributed by atoms with Crippen LogP contribution in [0.25, 0.3) is 0 Å². The number of hydrogen-bond acceptors (Lipinski definition) is 4. The molecule has 0 aromatic carbocycles. The summed E-state index contributed by atoms with van der Waals surface area (Å²) in [6.07, 6.45) is 3.21. The van der Waals surface area contributed by atoms with Gasteiger partial charge in [-0.3, -0.25) is 9.69 Å². The van der Waals surface area contributed by atoms with Crippen LogP contribution in [0.2, 0.25) is 0 Å². The van der Waals surface area contributed by atoms with E-state index in [0.29, 0.717) is 19.2 Å². The Kier molecular flexibility index (Phi) is 8.11. The number of likely N-dealkylation sites (tertiary alicyclic amines) is 1. The fraction of sp³-hybridized carbons (Fsp3) is 0.933. The number of carbonyl (C=O) groups excluding carboxylic acids is 1. The maximum absolute atomic E-state index is 12.1. The average molecular weight is 285 g/mol. The van der Waals surface area contributed by atoms with Crippen molar-refractivity contribution in [3.63, 3.8) is 0 Å². The van der Waals surface area contributed by atoms with Gasteiger partial charge in [-0.15, -0.1) is 0 Å². The molecule has 0 aromatic rings. The van der Waals surface area contributed by atoms with Gasteiger partial charge in [-0.1, -0.05) is 0 Å². The van der Waals surface area contributed by atoms with E-state index in [1.807, 2.05) is 14.0 Å². The molecule has 1 aliphatic rings. The number of methoxy groups -OCH3 is 1. The standard InChI is InChI=1S/C15H31N3O2/c1-12(16-3)14-6-9-18(10-7-14)13(2)15(19)17-8-5-11-20-4/h12-14,16H,5-11H2,1-4H3,(H,17,19). The van der Waals surface area contributed by atoms with Crippen LogP contribution in [0.1, 0.15) is 33.1 Å². The molecular formula is C15H31N3O2. The molecule has 0 aromatic heterocycles. The maximum Gasteiger partial charge on any atom is 0.237 e. The molecule has 5 heteroatoms. The average Bonchev–Trinajstić information content (AvgIpc) is 2.50. The topological polar surface area (TPSA) is 53.6 Å². The highest BCUT2D eigenvalue weighted by Gasteiger charge is 2.28. The number of ether oxygens (including phenoxy) is 1. The van der Waals surface area contributed by atoms with Crippen molar-refractivity contribution >= 4 is 5.91 Å². The molecule has 2 unspecified atom stereocenters. The van der Waals surface area contributed by atoms with Gasteiger partial charge in [0.2, 0.25) is 5.91 Å². The smallest absolute Gasteiger partial charge is 0.237 e. The number of rotatable bonds is 8. The Morgan fingerprint density at radius 2 is 2.00 bits per heavy atom. The zero-order valence-electron chi connectivity index (χ0n) is 13.4. The normalized spacial score (nSPS) is 20.6. The fourth-order valence-corrected chi connectivity index (χ4v) is 2.78. The molecule has 2 atom stereocenters. The Morgan fingerprint density at radius 1 is 1.35 bits per heavy atom. The summed E-state index contributed by atoms with van der Waals surface area (Å²) in [7, 11) is 3.70. The predicted molar refractivity (Wildman–Crippen MR) is 81.8 cm³/mol. The van der Waals surface area contributed by atoms with Crippen LogP contribution in [0.15, 0.2) is 0 Å². The van der Waals surface area contributed by atoms with E-state index in [4.69, 9.17) is 4.74 Å². The predicted octanol–water partition coefficient (Wildman–Crippen LogP) is 0.848. The monoisotopic (exact) mass is 285 g/mol. The summed E-state index contributed by atoms with van der Waals surface area (Å²) < 4.78 is 4.98. The maximum atomic E-state index is 12.1. The summed E-state index contributed by atoms with van der Waals surface area (Å²) in [6, 6.07) is 0.540. The Labute approximate surface area is 123 Å². The van der Waals surface area contributed by atoms with Crippen LogP contribution >= 0.6 is 0 Å². The zero-order valence-corrected chi connectivity index (χ0v) is 13.4. The minimum atomic E-state index is -0.0246. The number of hydrogen-bond donors (Lipinski definition) is 2. The van der Waals surface area contributed by atoms with E-state index in [-0.39, 0.29) is 11.9 Å². The second-order valence-corrected chi connectivity index (χ2v) is 5.76. The van der Waals surface area contributed by atoms with E-state index < -0.39 is 0 Å². The van der Waals surface area contributed by atoms with Crippen LogP contribution in [-0.4, -0.2) is 63.3 Å². The molecular weight excluding hydrogens is 254 g/mol. The van der Waals surface area contributed by atoms with Crippen LogP contribution in [0, 0.1) is 5.92 Å². The van der Waals surface area contributed by atoms with E-state index in [0.717, 1.165) is 25.4 Å². The largest absolute Gasteiger partial charge is 0.385 e. The second kappa shape index (κ2) is 9.32. The van der Waals surface area contributed by atoms with Crippen molar-refractivity contribution in [2.24, 2.45) is 5.92 Å². The van der Waals surface area contributed by atoms with Gasteiger partial charge in [-0.2, -0.15) is 0 Å². The van der Waals surface area contributed by atoms with Gasteiger partial charge >= 0.3 is 0 Å². The fourth-order valence-electron chi connectivity index (χ4n) is 2.78. The van der Waals surface area contributed by atoms with Crippen molar-refractivity contribution in [2.75, 3.05) is 40.4 Å². The highest BCUT2D eigenvalue weighted by Crippen LogP contribution is 2.21. The lowest BCUT2D eigenvalue weighted by molar-refractivity contribution is -0.126. The summed E-state index contributed by atoms with van der Waals surface area (Å²) in [5.74, 6) is 0.870. The van der Waals surface area contributed by atoms with E-state index in [1.54, 1.807) is 7.11 Å². The summed E-state index contributed by atoms with van der Waals surface area (Å²) in [5.41, 5.74) is 0. The van der Waals surface area contributed by atoms with Gasteiger partial charge in [-0.05, 0) is 59.2 Å². The molecule has 0 aliphatic carbocycles. The lowest BCUT2D eigenvalue weighted by Crippen LogP contribution is -2.50. The molecule has 5 nitrogen and oxygen atoms in total. The minimum Gasteiger partial charge on any atom is -0.385 e. The molecule has 20 heavy (non-hydrogen) atoms. The SMILES string of the molecule is CNC(C)C1CCN(C(C)C(=O)NCCCOC)CC1. The molecule has 1 amide bonds. The molecule has 0 radical (unpaired) electrons. The number of amides is 1. The molecule has 1 aliphatic heterocycles. The van der Waals surface area contributed by atoms with Crippen LogP contribution in [-0.2, 0) is 9.53 Å². The Bertz CT molecular complexity index is 278. The summed E-state index contributed by atoms with van der Waals surface area (Å²) >= 11 is 0. The number of piperidine rings is 1. The van der Waals surface area contributed by atoms with Gasteiger partial charge in [-0.25, -0.2) is 0 Å². The van der Waals surface area contributed by atoms with Gasteiger partial charge < -0.3 is 15.4 Å². The Balaban J connectivity index is 2.27. The molecule has 1 rings (SSSR count). The molecule has 0 spiro atoms. The Hall–Kier alpha value is -0.650. The highest BCUT2D eigenvalue weighted by atomic mass is 16.5. The van der Waals surface area contributed by atoms with Gasteiger partial charge in [0.05, 0.1) is 6.04 Å². The molecule has 2 N–H and O–H groups in total. The first-order chi connectivity index (χ1) is 9.60. The highest BCUT2D eigenvalue weighted by molar-refractivity contribution is 5.81. The molecule has 1 heterocycles. The van der Waals surface area contributed by atoms with Crippen LogP contribution in [0.5, 0.6) is 0 Å². The third kappa shape index (κ3) is 5.38. The number of nitrogens with one attached hydrogen (secondary N) is 2. The molecule has 0 saturated carbocycles. The van der Waals surface area contributed by atoms with Crippen LogP contribution in [0.3, 0.4) is 0 Å². The van der Waals surface area contributed by atoms with Crippen molar-refractivity contribution in [2.45, 2.75) is 45.2 Å². The van der Waals surface area contributed by atoms with E-state index >= 15 is 0 Å². The van der Waals surface area contributed by atoms with Crippen molar-refractivity contribution in [1.82, 2.24) is 15.5 Å². The third-order valence-corrected chi connectivity index (χ3v) is 4.49. The first-order valence-corrected chi connectivity index (χ1v) is 7.78.